The zero-order valence-electron chi connectivity index (χ0n) is 6.69. The largest absolute Gasteiger partial charge is 0.481 e. The summed E-state index contributed by atoms with van der Waals surface area (Å²) < 4.78 is 0. The number of hydrogen-bond donors (Lipinski definition) is 1. The Balaban J connectivity index is 2.05. The Morgan fingerprint density at radius 1 is 1.42 bits per heavy atom. The van der Waals surface area contributed by atoms with Gasteiger partial charge in [0.15, 0.2) is 0 Å². The van der Waals surface area contributed by atoms with Crippen molar-refractivity contribution in [1.82, 2.24) is 4.90 Å². The van der Waals surface area contributed by atoms with Crippen LogP contribution in [0.3, 0.4) is 0 Å². The number of hydrogen-bond acceptors (Lipinski definition) is 2. The molecule has 2 fully saturated rings. The highest BCUT2D eigenvalue weighted by Gasteiger charge is 2.43. The summed E-state index contributed by atoms with van der Waals surface area (Å²) >= 11 is 0. The molecule has 1 aliphatic heterocycles. The molecular formula is C8H11NO3. The summed E-state index contributed by atoms with van der Waals surface area (Å²) in [6.07, 6.45) is 2.60. The fourth-order valence-corrected chi connectivity index (χ4v) is 1.68. The van der Waals surface area contributed by atoms with Crippen molar-refractivity contribution >= 4 is 11.9 Å². The summed E-state index contributed by atoms with van der Waals surface area (Å²) in [4.78, 5) is 23.6. The van der Waals surface area contributed by atoms with Crippen LogP contribution in [0.2, 0.25) is 0 Å². The summed E-state index contributed by atoms with van der Waals surface area (Å²) in [6, 6.07) is 0.363. The van der Waals surface area contributed by atoms with Crippen molar-refractivity contribution in [3.8, 4) is 0 Å². The molecule has 4 heteroatoms. The molecule has 66 valence electrons. The van der Waals surface area contributed by atoms with Crippen molar-refractivity contribution in [2.45, 2.75) is 25.3 Å². The van der Waals surface area contributed by atoms with Crippen molar-refractivity contribution in [2.24, 2.45) is 5.92 Å². The van der Waals surface area contributed by atoms with E-state index in [4.69, 9.17) is 5.11 Å². The average molecular weight is 169 g/mol. The lowest BCUT2D eigenvalue weighted by atomic mass is 10.1. The minimum absolute atomic E-state index is 0.176. The molecule has 0 aromatic heterocycles. The van der Waals surface area contributed by atoms with Gasteiger partial charge in [0.2, 0.25) is 5.91 Å². The van der Waals surface area contributed by atoms with Crippen LogP contribution in [0.25, 0.3) is 0 Å². The number of aliphatic carboxylic acids is 1. The summed E-state index contributed by atoms with van der Waals surface area (Å²) in [6.45, 7) is 0.639. The van der Waals surface area contributed by atoms with Crippen LogP contribution < -0.4 is 0 Å². The molecular weight excluding hydrogens is 158 g/mol. The first kappa shape index (κ1) is 7.58. The van der Waals surface area contributed by atoms with Crippen molar-refractivity contribution in [2.75, 3.05) is 6.54 Å². The van der Waals surface area contributed by atoms with Gasteiger partial charge in [0.25, 0.3) is 0 Å². The third kappa shape index (κ3) is 1.07. The van der Waals surface area contributed by atoms with E-state index in [0.29, 0.717) is 19.0 Å². The normalized spacial score (nSPS) is 29.5. The van der Waals surface area contributed by atoms with Gasteiger partial charge in [-0.15, -0.1) is 0 Å². The summed E-state index contributed by atoms with van der Waals surface area (Å²) in [5.41, 5.74) is 0. The van der Waals surface area contributed by atoms with Gasteiger partial charge in [-0.25, -0.2) is 0 Å². The number of carboxylic acid groups (broad SMARTS) is 1. The monoisotopic (exact) mass is 169 g/mol. The zero-order valence-corrected chi connectivity index (χ0v) is 6.69. The van der Waals surface area contributed by atoms with Crippen LogP contribution in [0.5, 0.6) is 0 Å². The highest BCUT2D eigenvalue weighted by Crippen LogP contribution is 2.32. The molecule has 0 radical (unpaired) electrons. The second-order valence-corrected chi connectivity index (χ2v) is 3.44. The standard InChI is InChI=1S/C8H11NO3/c10-7-6(8(11)12)3-4-9(7)5-1-2-5/h5-6H,1-4H2,(H,11,12). The molecule has 1 saturated carbocycles. The van der Waals surface area contributed by atoms with Crippen molar-refractivity contribution in [1.29, 1.82) is 0 Å². The average Bonchev–Trinajstić information content (AvgIpc) is 2.75. The Morgan fingerprint density at radius 3 is 2.50 bits per heavy atom. The van der Waals surface area contributed by atoms with E-state index in [1.807, 2.05) is 0 Å². The van der Waals surface area contributed by atoms with Gasteiger partial charge in [0, 0.05) is 12.6 Å². The van der Waals surface area contributed by atoms with Crippen LogP contribution in [-0.4, -0.2) is 34.5 Å². The third-order valence-electron chi connectivity index (χ3n) is 2.53. The Labute approximate surface area is 70.2 Å². The topological polar surface area (TPSA) is 57.6 Å². The van der Waals surface area contributed by atoms with E-state index >= 15 is 0 Å². The molecule has 0 aromatic carbocycles. The molecule has 12 heavy (non-hydrogen) atoms. The lowest BCUT2D eigenvalue weighted by Crippen LogP contribution is -2.31. The Bertz CT molecular complexity index is 234. The lowest BCUT2D eigenvalue weighted by Gasteiger charge is -2.13. The minimum Gasteiger partial charge on any atom is -0.481 e. The lowest BCUT2D eigenvalue weighted by molar-refractivity contribution is -0.147. The van der Waals surface area contributed by atoms with E-state index in [0.717, 1.165) is 12.8 Å². The quantitative estimate of drug-likeness (QED) is 0.595. The Kier molecular flexibility index (Phi) is 1.56. The number of carboxylic acids is 1. The van der Waals surface area contributed by atoms with Crippen molar-refractivity contribution < 1.29 is 14.7 Å². The predicted octanol–water partition coefficient (Wildman–Crippen LogP) is 0.0819. The number of likely N-dealkylation sites (tertiary alicyclic amines) is 1. The maximum Gasteiger partial charge on any atom is 0.316 e. The van der Waals surface area contributed by atoms with Crippen LogP contribution in [-0.2, 0) is 9.59 Å². The number of nitrogens with zero attached hydrogens (tertiary/aromatic N) is 1. The van der Waals surface area contributed by atoms with Crippen LogP contribution in [0, 0.1) is 5.92 Å². The van der Waals surface area contributed by atoms with Crippen LogP contribution in [0.15, 0.2) is 0 Å². The summed E-state index contributed by atoms with van der Waals surface area (Å²) in [5, 5.41) is 8.66. The second-order valence-electron chi connectivity index (χ2n) is 3.44. The highest BCUT2D eigenvalue weighted by molar-refractivity contribution is 5.98. The molecule has 1 saturated heterocycles. The van der Waals surface area contributed by atoms with E-state index in [2.05, 4.69) is 0 Å². The van der Waals surface area contributed by atoms with Gasteiger partial charge in [-0.3, -0.25) is 9.59 Å². The van der Waals surface area contributed by atoms with E-state index in [1.165, 1.54) is 0 Å². The first-order valence-electron chi connectivity index (χ1n) is 4.23. The molecule has 1 amide bonds. The first-order valence-corrected chi connectivity index (χ1v) is 4.23. The van der Waals surface area contributed by atoms with Gasteiger partial charge < -0.3 is 10.0 Å². The van der Waals surface area contributed by atoms with Crippen molar-refractivity contribution in [3.05, 3.63) is 0 Å². The van der Waals surface area contributed by atoms with Crippen LogP contribution in [0.1, 0.15) is 19.3 Å². The second kappa shape index (κ2) is 2.47. The fourth-order valence-electron chi connectivity index (χ4n) is 1.68. The highest BCUT2D eigenvalue weighted by atomic mass is 16.4. The maximum absolute atomic E-state index is 11.4. The van der Waals surface area contributed by atoms with E-state index in [1.54, 1.807) is 4.90 Å². The number of rotatable bonds is 2. The number of amides is 1. The van der Waals surface area contributed by atoms with Crippen molar-refractivity contribution in [3.63, 3.8) is 0 Å². The molecule has 2 rings (SSSR count). The SMILES string of the molecule is O=C(O)C1CCN(C2CC2)C1=O. The van der Waals surface area contributed by atoms with Gasteiger partial charge in [-0.1, -0.05) is 0 Å². The smallest absolute Gasteiger partial charge is 0.316 e. The zero-order chi connectivity index (χ0) is 8.72. The van der Waals surface area contributed by atoms with Gasteiger partial charge in [0.05, 0.1) is 0 Å². The molecule has 0 aromatic rings. The van der Waals surface area contributed by atoms with Gasteiger partial charge >= 0.3 is 5.97 Å². The Morgan fingerprint density at radius 2 is 2.08 bits per heavy atom. The summed E-state index contributed by atoms with van der Waals surface area (Å²) in [7, 11) is 0. The molecule has 1 N–H and O–H groups in total. The molecule has 1 heterocycles. The van der Waals surface area contributed by atoms with E-state index < -0.39 is 11.9 Å². The third-order valence-corrected chi connectivity index (χ3v) is 2.53. The molecule has 4 nitrogen and oxygen atoms in total. The number of carbonyl (C=O) groups excluding carboxylic acids is 1. The molecule has 0 spiro atoms. The molecule has 1 unspecified atom stereocenters. The molecule has 1 aliphatic carbocycles. The predicted molar refractivity (Wildman–Crippen MR) is 40.5 cm³/mol. The van der Waals surface area contributed by atoms with Gasteiger partial charge in [-0.2, -0.15) is 0 Å². The minimum atomic E-state index is -0.969. The van der Waals surface area contributed by atoms with Gasteiger partial charge in [-0.05, 0) is 19.3 Å². The van der Waals surface area contributed by atoms with Gasteiger partial charge in [0.1, 0.15) is 5.92 Å². The van der Waals surface area contributed by atoms with Crippen LogP contribution >= 0.6 is 0 Å². The number of carbonyl (C=O) groups is 2. The van der Waals surface area contributed by atoms with E-state index in [9.17, 15) is 9.59 Å². The Hall–Kier alpha value is -1.06. The maximum atomic E-state index is 11.4. The van der Waals surface area contributed by atoms with E-state index in [-0.39, 0.29) is 5.91 Å². The molecule has 0 bridgehead atoms. The fraction of sp³-hybridized carbons (Fsp3) is 0.750. The molecule has 2 aliphatic rings. The van der Waals surface area contributed by atoms with Crippen LogP contribution in [0.4, 0.5) is 0 Å². The summed E-state index contributed by atoms with van der Waals surface area (Å²) in [5.74, 6) is -1.90. The first-order chi connectivity index (χ1) is 5.70. The molecule has 1 atom stereocenters.